The molecule has 1 aliphatic carbocycles. The van der Waals surface area contributed by atoms with E-state index in [1.54, 1.807) is 6.08 Å². The fourth-order valence-electron chi connectivity index (χ4n) is 4.74. The van der Waals surface area contributed by atoms with Gasteiger partial charge < -0.3 is 0 Å². The maximum absolute atomic E-state index is 13.4. The molecule has 0 fully saturated rings. The van der Waals surface area contributed by atoms with Gasteiger partial charge >= 0.3 is 0 Å². The first-order valence-electron chi connectivity index (χ1n) is 10.6. The number of rotatable bonds is 4. The third-order valence-electron chi connectivity index (χ3n) is 6.23. The molecule has 4 aromatic carbocycles. The van der Waals surface area contributed by atoms with Gasteiger partial charge in [0.2, 0.25) is 0 Å². The van der Waals surface area contributed by atoms with Crippen LogP contribution < -0.4 is 0 Å². The second-order valence-electron chi connectivity index (χ2n) is 8.18. The number of benzene rings is 4. The first kappa shape index (κ1) is 20.5. The molecular formula is C27H23BrO2S. The number of hydrogen-bond donors (Lipinski definition) is 0. The van der Waals surface area contributed by atoms with Gasteiger partial charge in [-0.05, 0) is 69.6 Å². The summed E-state index contributed by atoms with van der Waals surface area (Å²) in [5.74, 6) is 0.0527. The van der Waals surface area contributed by atoms with Gasteiger partial charge in [-0.1, -0.05) is 88.7 Å². The maximum Gasteiger partial charge on any atom is 0.160 e. The molecule has 0 saturated carbocycles. The molecule has 0 spiro atoms. The summed E-state index contributed by atoms with van der Waals surface area (Å²) < 4.78 is 27.9. The summed E-state index contributed by atoms with van der Waals surface area (Å²) in [6.07, 6.45) is 6.22. The minimum Gasteiger partial charge on any atom is -0.228 e. The van der Waals surface area contributed by atoms with Gasteiger partial charge in [-0.25, -0.2) is 8.42 Å². The first-order chi connectivity index (χ1) is 15.0. The Morgan fingerprint density at radius 1 is 0.871 bits per heavy atom. The zero-order valence-corrected chi connectivity index (χ0v) is 19.5. The minimum absolute atomic E-state index is 0.0527. The Bertz CT molecular complexity index is 1400. The number of aryl methyl sites for hydroxylation is 1. The summed E-state index contributed by atoms with van der Waals surface area (Å²) >= 11 is 3.43. The van der Waals surface area contributed by atoms with E-state index in [4.69, 9.17) is 0 Å². The van der Waals surface area contributed by atoms with Crippen LogP contribution in [0.5, 0.6) is 0 Å². The molecule has 0 heterocycles. The van der Waals surface area contributed by atoms with E-state index in [9.17, 15) is 8.42 Å². The van der Waals surface area contributed by atoms with Crippen LogP contribution in [0.15, 0.2) is 83.3 Å². The second-order valence-corrected chi connectivity index (χ2v) is 11.3. The minimum atomic E-state index is -3.32. The molecule has 0 amide bonds. The Morgan fingerprint density at radius 3 is 2.48 bits per heavy atom. The predicted molar refractivity (Wildman–Crippen MR) is 134 cm³/mol. The number of fused-ring (bicyclic) bond motifs is 5. The van der Waals surface area contributed by atoms with E-state index in [0.717, 1.165) is 39.2 Å². The van der Waals surface area contributed by atoms with Crippen molar-refractivity contribution in [3.05, 3.63) is 100 Å². The zero-order valence-electron chi connectivity index (χ0n) is 17.1. The highest BCUT2D eigenvalue weighted by Crippen LogP contribution is 2.42. The average Bonchev–Trinajstić information content (AvgIpc) is 2.79. The fourth-order valence-corrected chi connectivity index (χ4v) is 6.77. The molecule has 0 radical (unpaired) electrons. The van der Waals surface area contributed by atoms with Gasteiger partial charge in [-0.2, -0.15) is 0 Å². The first-order valence-corrected chi connectivity index (χ1v) is 13.1. The lowest BCUT2D eigenvalue weighted by molar-refractivity contribution is 0.564. The standard InChI is InChI=1S/C27H23BrO2S/c28-22-14-10-19(11-15-22)5-4-18-31(29,30)26-9-3-7-21-13-16-24-23-8-2-1-6-20(23)12-17-25(24)27(21)26/h1-2,4-6,8,10-17,26H,3,7,9,18H2. The van der Waals surface area contributed by atoms with Crippen molar-refractivity contribution in [2.45, 2.75) is 24.5 Å². The Morgan fingerprint density at radius 2 is 1.65 bits per heavy atom. The van der Waals surface area contributed by atoms with Gasteiger partial charge in [0.25, 0.3) is 0 Å². The van der Waals surface area contributed by atoms with Crippen molar-refractivity contribution >= 4 is 53.4 Å². The van der Waals surface area contributed by atoms with Crippen LogP contribution in [0.2, 0.25) is 0 Å². The van der Waals surface area contributed by atoms with Gasteiger partial charge in [-0.15, -0.1) is 0 Å². The summed E-state index contributed by atoms with van der Waals surface area (Å²) in [5, 5.41) is 4.14. The van der Waals surface area contributed by atoms with E-state index in [-0.39, 0.29) is 5.75 Å². The van der Waals surface area contributed by atoms with Crippen LogP contribution in [0, 0.1) is 0 Å². The molecule has 4 aromatic rings. The van der Waals surface area contributed by atoms with Crippen molar-refractivity contribution in [1.82, 2.24) is 0 Å². The summed E-state index contributed by atoms with van der Waals surface area (Å²) in [4.78, 5) is 0. The lowest BCUT2D eigenvalue weighted by Crippen LogP contribution is -2.21. The molecule has 1 atom stereocenters. The summed E-state index contributed by atoms with van der Waals surface area (Å²) in [6.45, 7) is 0. The smallest absolute Gasteiger partial charge is 0.160 e. The highest BCUT2D eigenvalue weighted by molar-refractivity contribution is 9.10. The Labute approximate surface area is 191 Å². The second kappa shape index (κ2) is 8.25. The molecule has 1 aliphatic rings. The Balaban J connectivity index is 1.54. The van der Waals surface area contributed by atoms with Crippen molar-refractivity contribution in [2.75, 3.05) is 5.75 Å². The van der Waals surface area contributed by atoms with E-state index >= 15 is 0 Å². The maximum atomic E-state index is 13.4. The van der Waals surface area contributed by atoms with Gasteiger partial charge in [0.05, 0.1) is 11.0 Å². The third-order valence-corrected chi connectivity index (χ3v) is 8.76. The van der Waals surface area contributed by atoms with Crippen LogP contribution in [0.3, 0.4) is 0 Å². The predicted octanol–water partition coefficient (Wildman–Crippen LogP) is 7.26. The van der Waals surface area contributed by atoms with Crippen LogP contribution >= 0.6 is 15.9 Å². The Hall–Kier alpha value is -2.43. The van der Waals surface area contributed by atoms with Crippen molar-refractivity contribution in [3.63, 3.8) is 0 Å². The summed E-state index contributed by atoms with van der Waals surface area (Å²) in [5.41, 5.74) is 3.20. The largest absolute Gasteiger partial charge is 0.228 e. The normalized spacial score (nSPS) is 16.7. The zero-order chi connectivity index (χ0) is 21.4. The van der Waals surface area contributed by atoms with E-state index in [1.165, 1.54) is 16.3 Å². The molecule has 1 unspecified atom stereocenters. The molecular weight excluding hydrogens is 468 g/mol. The molecule has 2 nitrogen and oxygen atoms in total. The fraction of sp³-hybridized carbons (Fsp3) is 0.185. The SMILES string of the molecule is O=S(=O)(CC=Cc1ccc(Br)cc1)C1CCCc2ccc3c(ccc4ccccc43)c21. The van der Waals surface area contributed by atoms with Gasteiger partial charge in [0.1, 0.15) is 0 Å². The molecule has 0 bridgehead atoms. The summed E-state index contributed by atoms with van der Waals surface area (Å²) in [7, 11) is -3.32. The molecule has 0 N–H and O–H groups in total. The summed E-state index contributed by atoms with van der Waals surface area (Å²) in [6, 6.07) is 24.7. The van der Waals surface area contributed by atoms with Crippen LogP contribution in [-0.4, -0.2) is 14.2 Å². The highest BCUT2D eigenvalue weighted by atomic mass is 79.9. The number of sulfone groups is 1. The average molecular weight is 491 g/mol. The van der Waals surface area contributed by atoms with E-state index in [1.807, 2.05) is 42.5 Å². The topological polar surface area (TPSA) is 34.1 Å². The van der Waals surface area contributed by atoms with E-state index < -0.39 is 15.1 Å². The quantitative estimate of drug-likeness (QED) is 0.282. The van der Waals surface area contributed by atoms with Crippen LogP contribution in [-0.2, 0) is 16.3 Å². The highest BCUT2D eigenvalue weighted by Gasteiger charge is 2.32. The number of halogens is 1. The van der Waals surface area contributed by atoms with Crippen LogP contribution in [0.1, 0.15) is 34.8 Å². The lowest BCUT2D eigenvalue weighted by atomic mass is 9.86. The van der Waals surface area contributed by atoms with Gasteiger partial charge in [-0.3, -0.25) is 0 Å². The number of hydrogen-bond acceptors (Lipinski definition) is 2. The molecule has 31 heavy (non-hydrogen) atoms. The molecule has 0 saturated heterocycles. The molecule has 0 aromatic heterocycles. The van der Waals surface area contributed by atoms with Crippen LogP contribution in [0.4, 0.5) is 0 Å². The van der Waals surface area contributed by atoms with E-state index in [2.05, 4.69) is 52.3 Å². The Kier molecular flexibility index (Phi) is 5.45. The third kappa shape index (κ3) is 3.95. The lowest BCUT2D eigenvalue weighted by Gasteiger charge is -2.27. The van der Waals surface area contributed by atoms with E-state index in [0.29, 0.717) is 6.42 Å². The monoisotopic (exact) mass is 490 g/mol. The van der Waals surface area contributed by atoms with Crippen molar-refractivity contribution in [3.8, 4) is 0 Å². The van der Waals surface area contributed by atoms with Gasteiger partial charge in [0.15, 0.2) is 9.84 Å². The van der Waals surface area contributed by atoms with Crippen molar-refractivity contribution < 1.29 is 8.42 Å². The molecule has 156 valence electrons. The molecule has 5 rings (SSSR count). The molecule has 0 aliphatic heterocycles. The van der Waals surface area contributed by atoms with Gasteiger partial charge in [0, 0.05) is 4.47 Å². The van der Waals surface area contributed by atoms with Crippen molar-refractivity contribution in [1.29, 1.82) is 0 Å². The van der Waals surface area contributed by atoms with Crippen LogP contribution in [0.25, 0.3) is 27.6 Å². The van der Waals surface area contributed by atoms with Crippen molar-refractivity contribution in [2.24, 2.45) is 0 Å². The molecule has 4 heteroatoms.